The van der Waals surface area contributed by atoms with Crippen molar-refractivity contribution in [3.8, 4) is 34.5 Å². The van der Waals surface area contributed by atoms with Crippen LogP contribution in [0.2, 0.25) is 0 Å². The van der Waals surface area contributed by atoms with Gasteiger partial charge in [0.05, 0.1) is 25.0 Å². The number of hydrogen-bond acceptors (Lipinski definition) is 8. The van der Waals surface area contributed by atoms with E-state index < -0.39 is 12.6 Å². The molecule has 0 amide bonds. The van der Waals surface area contributed by atoms with E-state index in [1.807, 2.05) is 36.4 Å². The predicted octanol–water partition coefficient (Wildman–Crippen LogP) is 2.55. The lowest BCUT2D eigenvalue weighted by Gasteiger charge is -2.18. The quantitative estimate of drug-likeness (QED) is 0.794. The molecule has 0 N–H and O–H groups in total. The van der Waals surface area contributed by atoms with E-state index in [0.717, 1.165) is 11.5 Å². The first kappa shape index (κ1) is 16.1. The van der Waals surface area contributed by atoms with Crippen LogP contribution in [-0.2, 0) is 9.47 Å². The van der Waals surface area contributed by atoms with Crippen LogP contribution in [0.25, 0.3) is 0 Å². The highest BCUT2D eigenvalue weighted by atomic mass is 16.7. The van der Waals surface area contributed by atoms with Crippen molar-refractivity contribution in [2.75, 3.05) is 26.8 Å². The minimum atomic E-state index is -0.393. The molecule has 4 aliphatic heterocycles. The Labute approximate surface area is 160 Å². The van der Waals surface area contributed by atoms with Crippen LogP contribution in [0.4, 0.5) is 0 Å². The van der Waals surface area contributed by atoms with Crippen molar-refractivity contribution in [2.45, 2.75) is 12.6 Å². The SMILES string of the molecule is c1cc2c(cc1O[C@@H]1OC[C@H]3[C@H](Oc4ccc5c(c4)OCO5)OC[C@H]13)OCO2. The zero-order valence-electron chi connectivity index (χ0n) is 14.9. The third-order valence-electron chi connectivity index (χ3n) is 5.35. The molecule has 0 aliphatic carbocycles. The second kappa shape index (κ2) is 6.35. The predicted molar refractivity (Wildman–Crippen MR) is 92.8 cm³/mol. The van der Waals surface area contributed by atoms with Gasteiger partial charge in [0, 0.05) is 12.1 Å². The minimum absolute atomic E-state index is 0.0874. The van der Waals surface area contributed by atoms with Gasteiger partial charge in [-0.15, -0.1) is 0 Å². The molecule has 8 heteroatoms. The summed E-state index contributed by atoms with van der Waals surface area (Å²) in [5, 5.41) is 0. The third kappa shape index (κ3) is 2.68. The molecule has 6 rings (SSSR count). The highest BCUT2D eigenvalue weighted by Crippen LogP contribution is 2.42. The Hall–Kier alpha value is -2.84. The largest absolute Gasteiger partial charge is 0.464 e. The highest BCUT2D eigenvalue weighted by Gasteiger charge is 2.50. The summed E-state index contributed by atoms with van der Waals surface area (Å²) in [7, 11) is 0. The monoisotopic (exact) mass is 386 g/mol. The smallest absolute Gasteiger partial charge is 0.231 e. The summed E-state index contributed by atoms with van der Waals surface area (Å²) in [5.41, 5.74) is 0. The van der Waals surface area contributed by atoms with Gasteiger partial charge < -0.3 is 37.9 Å². The Kier molecular flexibility index (Phi) is 3.66. The molecule has 0 bridgehead atoms. The van der Waals surface area contributed by atoms with Crippen LogP contribution in [0.3, 0.4) is 0 Å². The summed E-state index contributed by atoms with van der Waals surface area (Å²) in [6, 6.07) is 11.0. The lowest BCUT2D eigenvalue weighted by Crippen LogP contribution is -2.28. The first-order valence-electron chi connectivity index (χ1n) is 9.19. The second-order valence-electron chi connectivity index (χ2n) is 7.00. The zero-order valence-corrected chi connectivity index (χ0v) is 14.9. The van der Waals surface area contributed by atoms with E-state index in [1.165, 1.54) is 0 Å². The van der Waals surface area contributed by atoms with Crippen LogP contribution in [0.1, 0.15) is 0 Å². The van der Waals surface area contributed by atoms with Gasteiger partial charge >= 0.3 is 0 Å². The third-order valence-corrected chi connectivity index (χ3v) is 5.35. The van der Waals surface area contributed by atoms with Gasteiger partial charge in [-0.05, 0) is 24.3 Å². The Morgan fingerprint density at radius 1 is 0.607 bits per heavy atom. The molecule has 2 aromatic rings. The number of fused-ring (bicyclic) bond motifs is 3. The summed E-state index contributed by atoms with van der Waals surface area (Å²) in [4.78, 5) is 0. The molecule has 4 atom stereocenters. The molecule has 0 unspecified atom stereocenters. The zero-order chi connectivity index (χ0) is 18.5. The molecule has 28 heavy (non-hydrogen) atoms. The molecule has 2 aromatic carbocycles. The molecular formula is C20H18O8. The van der Waals surface area contributed by atoms with E-state index in [4.69, 9.17) is 37.9 Å². The normalized spacial score (nSPS) is 29.0. The van der Waals surface area contributed by atoms with Crippen molar-refractivity contribution >= 4 is 0 Å². The molecule has 146 valence electrons. The molecule has 4 aliphatic rings. The molecule has 2 fully saturated rings. The molecule has 0 aromatic heterocycles. The van der Waals surface area contributed by atoms with Gasteiger partial charge in [0.15, 0.2) is 23.0 Å². The van der Waals surface area contributed by atoms with Gasteiger partial charge in [-0.2, -0.15) is 0 Å². The molecule has 0 spiro atoms. The molecule has 2 saturated heterocycles. The Morgan fingerprint density at radius 2 is 1.07 bits per heavy atom. The van der Waals surface area contributed by atoms with Crippen LogP contribution in [-0.4, -0.2) is 39.4 Å². The first-order valence-corrected chi connectivity index (χ1v) is 9.19. The summed E-state index contributed by atoms with van der Waals surface area (Å²) in [5.74, 6) is 4.33. The van der Waals surface area contributed by atoms with Crippen molar-refractivity contribution in [3.05, 3.63) is 36.4 Å². The number of benzene rings is 2. The van der Waals surface area contributed by atoms with Crippen molar-refractivity contribution in [2.24, 2.45) is 11.8 Å². The Morgan fingerprint density at radius 3 is 1.57 bits per heavy atom. The maximum Gasteiger partial charge on any atom is 0.231 e. The maximum atomic E-state index is 6.04. The fourth-order valence-electron chi connectivity index (χ4n) is 3.88. The Bertz CT molecular complexity index is 826. The van der Waals surface area contributed by atoms with Gasteiger partial charge in [-0.3, -0.25) is 0 Å². The van der Waals surface area contributed by atoms with Gasteiger partial charge in [0.25, 0.3) is 0 Å². The van der Waals surface area contributed by atoms with E-state index in [1.54, 1.807) is 0 Å². The lowest BCUT2D eigenvalue weighted by atomic mass is 9.98. The van der Waals surface area contributed by atoms with Crippen molar-refractivity contribution in [3.63, 3.8) is 0 Å². The topological polar surface area (TPSA) is 73.8 Å². The van der Waals surface area contributed by atoms with Gasteiger partial charge in [-0.25, -0.2) is 0 Å². The average molecular weight is 386 g/mol. The lowest BCUT2D eigenvalue weighted by molar-refractivity contribution is -0.106. The van der Waals surface area contributed by atoms with E-state index in [9.17, 15) is 0 Å². The average Bonchev–Trinajstić information content (AvgIpc) is 3.47. The maximum absolute atomic E-state index is 6.04. The number of ether oxygens (including phenoxy) is 8. The number of rotatable bonds is 4. The van der Waals surface area contributed by atoms with E-state index >= 15 is 0 Å². The molecule has 4 heterocycles. The molecule has 0 radical (unpaired) electrons. The van der Waals surface area contributed by atoms with Gasteiger partial charge in [-0.1, -0.05) is 0 Å². The van der Waals surface area contributed by atoms with Crippen molar-refractivity contribution < 1.29 is 37.9 Å². The summed E-state index contributed by atoms with van der Waals surface area (Å²) < 4.78 is 45.3. The van der Waals surface area contributed by atoms with E-state index in [2.05, 4.69) is 0 Å². The van der Waals surface area contributed by atoms with Crippen molar-refractivity contribution in [1.82, 2.24) is 0 Å². The molecular weight excluding hydrogens is 368 g/mol. The minimum Gasteiger partial charge on any atom is -0.464 e. The summed E-state index contributed by atoms with van der Waals surface area (Å²) in [6.45, 7) is 1.48. The molecule has 0 saturated carbocycles. The van der Waals surface area contributed by atoms with E-state index in [-0.39, 0.29) is 25.4 Å². The first-order chi connectivity index (χ1) is 13.8. The van der Waals surface area contributed by atoms with Crippen LogP contribution >= 0.6 is 0 Å². The second-order valence-corrected chi connectivity index (χ2v) is 7.00. The van der Waals surface area contributed by atoms with Gasteiger partial charge in [0.2, 0.25) is 26.2 Å². The summed E-state index contributed by atoms with van der Waals surface area (Å²) >= 11 is 0. The molecule has 8 nitrogen and oxygen atoms in total. The highest BCUT2D eigenvalue weighted by molar-refractivity contribution is 5.47. The number of hydrogen-bond donors (Lipinski definition) is 0. The fraction of sp³-hybridized carbons (Fsp3) is 0.400. The van der Waals surface area contributed by atoms with Gasteiger partial charge in [0.1, 0.15) is 11.5 Å². The van der Waals surface area contributed by atoms with Crippen LogP contribution in [0, 0.1) is 11.8 Å². The van der Waals surface area contributed by atoms with E-state index in [0.29, 0.717) is 36.2 Å². The summed E-state index contributed by atoms with van der Waals surface area (Å²) in [6.07, 6.45) is -0.786. The fourth-order valence-corrected chi connectivity index (χ4v) is 3.88. The van der Waals surface area contributed by atoms with Crippen molar-refractivity contribution in [1.29, 1.82) is 0 Å². The Balaban J connectivity index is 1.13. The van der Waals surface area contributed by atoms with Crippen LogP contribution in [0.5, 0.6) is 34.5 Å². The van der Waals surface area contributed by atoms with Crippen LogP contribution in [0.15, 0.2) is 36.4 Å². The standard InChI is InChI=1S/C20H18O8/c1-3-15-17(25-9-23-15)5-11(1)27-19-13-7-22-20(14(13)8-21-19)28-12-2-4-16-18(6-12)26-10-24-16/h1-6,13-14,19-20H,7-10H2/t13-,14+,19-,20-/m0/s1. The van der Waals surface area contributed by atoms with Crippen LogP contribution < -0.4 is 28.4 Å².